The highest BCUT2D eigenvalue weighted by Crippen LogP contribution is 2.34. The van der Waals surface area contributed by atoms with Gasteiger partial charge in [-0.2, -0.15) is 0 Å². The lowest BCUT2D eigenvalue weighted by atomic mass is 9.90. The van der Waals surface area contributed by atoms with Gasteiger partial charge in [0.1, 0.15) is 11.3 Å². The van der Waals surface area contributed by atoms with E-state index in [-0.39, 0.29) is 17.4 Å². The first-order valence-corrected chi connectivity index (χ1v) is 14.3. The van der Waals surface area contributed by atoms with Gasteiger partial charge in [-0.15, -0.1) is 0 Å². The first-order chi connectivity index (χ1) is 21.4. The van der Waals surface area contributed by atoms with Gasteiger partial charge in [0.05, 0.1) is 16.8 Å². The first kappa shape index (κ1) is 27.0. The molecule has 0 atom stereocenters. The Bertz CT molecular complexity index is 2050. The Kier molecular flexibility index (Phi) is 6.62. The van der Waals surface area contributed by atoms with Crippen LogP contribution >= 0.6 is 0 Å². The average Bonchev–Trinajstić information content (AvgIpc) is 3.40. The van der Waals surface area contributed by atoms with Crippen LogP contribution in [0.25, 0.3) is 39.5 Å². The summed E-state index contributed by atoms with van der Waals surface area (Å²) < 4.78 is 2.01. The zero-order valence-electron chi connectivity index (χ0n) is 23.9. The lowest BCUT2D eigenvalue weighted by molar-refractivity contribution is 0.0601. The van der Waals surface area contributed by atoms with Gasteiger partial charge in [-0.05, 0) is 66.6 Å². The van der Waals surface area contributed by atoms with E-state index >= 15 is 0 Å². The monoisotopic (exact) mass is 580 g/mol. The Balaban J connectivity index is 1.20. The van der Waals surface area contributed by atoms with Crippen LogP contribution in [0.15, 0.2) is 103 Å². The number of hydrogen-bond donors (Lipinski definition) is 2. The molecule has 6 aromatic rings. The third kappa shape index (κ3) is 4.64. The molecule has 0 saturated carbocycles. The molecule has 9 nitrogen and oxygen atoms in total. The highest BCUT2D eigenvalue weighted by Gasteiger charge is 2.33. The fraction of sp³-hybridized carbons (Fsp3) is 0.114. The zero-order chi connectivity index (χ0) is 30.4. The number of nitrogen functional groups attached to an aromatic ring is 1. The van der Waals surface area contributed by atoms with Crippen LogP contribution in [0.2, 0.25) is 0 Å². The summed E-state index contributed by atoms with van der Waals surface area (Å²) in [5.74, 6) is 0.0158. The predicted octanol–water partition coefficient (Wildman–Crippen LogP) is 5.98. The summed E-state index contributed by atoms with van der Waals surface area (Å²) in [6.07, 6.45) is 1.66. The van der Waals surface area contributed by atoms with Crippen LogP contribution in [0, 0.1) is 6.92 Å². The molecule has 216 valence electrons. The average molecular weight is 581 g/mol. The van der Waals surface area contributed by atoms with E-state index in [0.29, 0.717) is 47.1 Å². The lowest BCUT2D eigenvalue weighted by Crippen LogP contribution is -2.48. The molecule has 0 aliphatic carbocycles. The molecule has 0 bridgehead atoms. The van der Waals surface area contributed by atoms with E-state index in [1.165, 1.54) is 6.07 Å². The maximum atomic E-state index is 13.2. The third-order valence-electron chi connectivity index (χ3n) is 8.24. The van der Waals surface area contributed by atoms with Crippen LogP contribution in [0.5, 0.6) is 0 Å². The number of amides is 1. The molecule has 1 aliphatic heterocycles. The van der Waals surface area contributed by atoms with Gasteiger partial charge in [0.15, 0.2) is 11.5 Å². The van der Waals surface area contributed by atoms with Crippen molar-refractivity contribution in [2.24, 2.45) is 0 Å². The topological polar surface area (TPSA) is 127 Å². The molecule has 7 rings (SSSR count). The fourth-order valence-electron chi connectivity index (χ4n) is 5.78. The van der Waals surface area contributed by atoms with Crippen LogP contribution in [0.1, 0.15) is 37.8 Å². The van der Waals surface area contributed by atoms with Crippen LogP contribution in [0.4, 0.5) is 5.82 Å². The van der Waals surface area contributed by atoms with Gasteiger partial charge in [-0.3, -0.25) is 9.36 Å². The molecule has 0 unspecified atom stereocenters. The molecule has 0 radical (unpaired) electrons. The number of carbonyl (C=O) groups excluding carboxylic acids is 1. The summed E-state index contributed by atoms with van der Waals surface area (Å²) in [5.41, 5.74) is 13.3. The number of aromatic nitrogens is 4. The van der Waals surface area contributed by atoms with Crippen molar-refractivity contribution in [3.05, 3.63) is 126 Å². The number of fused-ring (bicyclic) bond motifs is 1. The first-order valence-electron chi connectivity index (χ1n) is 14.3. The van der Waals surface area contributed by atoms with Gasteiger partial charge in [-0.1, -0.05) is 48.5 Å². The van der Waals surface area contributed by atoms with Crippen molar-refractivity contribution in [1.82, 2.24) is 24.4 Å². The Morgan fingerprint density at radius 2 is 1.59 bits per heavy atom. The van der Waals surface area contributed by atoms with E-state index in [0.717, 1.165) is 28.0 Å². The smallest absolute Gasteiger partial charge is 0.335 e. The van der Waals surface area contributed by atoms with E-state index in [9.17, 15) is 14.7 Å². The molecule has 3 aromatic carbocycles. The fourth-order valence-corrected chi connectivity index (χ4v) is 5.78. The van der Waals surface area contributed by atoms with Gasteiger partial charge in [0, 0.05) is 42.0 Å². The van der Waals surface area contributed by atoms with Gasteiger partial charge in [0.2, 0.25) is 0 Å². The number of carboxylic acids is 1. The maximum Gasteiger partial charge on any atom is 0.335 e. The number of hydrogen-bond acceptors (Lipinski definition) is 6. The number of benzene rings is 3. The van der Waals surface area contributed by atoms with Gasteiger partial charge in [-0.25, -0.2) is 19.7 Å². The molecule has 0 spiro atoms. The number of nitrogens with two attached hydrogens (primary N) is 1. The van der Waals surface area contributed by atoms with Gasteiger partial charge < -0.3 is 15.7 Å². The Labute approximate surface area is 253 Å². The number of nitrogens with zero attached hydrogens (tertiary/aromatic N) is 5. The van der Waals surface area contributed by atoms with Crippen molar-refractivity contribution in [1.29, 1.82) is 0 Å². The second-order valence-electron chi connectivity index (χ2n) is 10.9. The highest BCUT2D eigenvalue weighted by atomic mass is 16.4. The van der Waals surface area contributed by atoms with Crippen molar-refractivity contribution in [3.8, 4) is 28.3 Å². The van der Waals surface area contributed by atoms with Gasteiger partial charge in [0.25, 0.3) is 5.91 Å². The van der Waals surface area contributed by atoms with E-state index in [1.54, 1.807) is 30.2 Å². The normalized spacial score (nSPS) is 13.2. The summed E-state index contributed by atoms with van der Waals surface area (Å²) in [7, 11) is 0. The zero-order valence-corrected chi connectivity index (χ0v) is 23.9. The number of anilines is 1. The van der Waals surface area contributed by atoms with Crippen molar-refractivity contribution >= 4 is 28.9 Å². The molecule has 44 heavy (non-hydrogen) atoms. The summed E-state index contributed by atoms with van der Waals surface area (Å²) in [6.45, 7) is 2.79. The molecule has 3 N–H and O–H groups in total. The standard InChI is InChI=1S/C35H28N6O3/c1-21-26(9-5-10-27(21)35(43)44)34(42)40-19-24(20-40)22-12-14-25(15-13-22)41-32(28-11-6-18-37-31(28)36)39-30-17-16-29(38-33(30)41)23-7-3-2-4-8-23/h2-18,24H,19-20H2,1H3,(H2,36,37)(H,43,44). The molecular weight excluding hydrogens is 552 g/mol. The molecule has 3 aromatic heterocycles. The van der Waals surface area contributed by atoms with Crippen LogP contribution in [0.3, 0.4) is 0 Å². The molecule has 1 saturated heterocycles. The summed E-state index contributed by atoms with van der Waals surface area (Å²) in [4.78, 5) is 40.7. The van der Waals surface area contributed by atoms with Crippen LogP contribution in [-0.4, -0.2) is 54.5 Å². The van der Waals surface area contributed by atoms with E-state index < -0.39 is 5.97 Å². The summed E-state index contributed by atoms with van der Waals surface area (Å²) >= 11 is 0. The lowest BCUT2D eigenvalue weighted by Gasteiger charge is -2.40. The number of carbonyl (C=O) groups is 2. The Morgan fingerprint density at radius 3 is 2.32 bits per heavy atom. The second kappa shape index (κ2) is 10.8. The van der Waals surface area contributed by atoms with Crippen LogP contribution in [-0.2, 0) is 0 Å². The number of rotatable bonds is 6. The van der Waals surface area contributed by atoms with E-state index in [1.807, 2.05) is 71.3 Å². The SMILES string of the molecule is Cc1c(C(=O)O)cccc1C(=O)N1CC(c2ccc(-n3c(-c4cccnc4N)nc4ccc(-c5ccccc5)nc43)cc2)C1. The number of pyridine rings is 2. The third-order valence-corrected chi connectivity index (χ3v) is 8.24. The number of imidazole rings is 1. The van der Waals surface area contributed by atoms with Crippen molar-refractivity contribution in [3.63, 3.8) is 0 Å². The summed E-state index contributed by atoms with van der Waals surface area (Å²) in [6, 6.07) is 30.7. The quantitative estimate of drug-likeness (QED) is 0.248. The number of carboxylic acid groups (broad SMARTS) is 1. The van der Waals surface area contributed by atoms with Crippen molar-refractivity contribution in [2.45, 2.75) is 12.8 Å². The van der Waals surface area contributed by atoms with E-state index in [4.69, 9.17) is 15.7 Å². The van der Waals surface area contributed by atoms with Gasteiger partial charge >= 0.3 is 5.97 Å². The highest BCUT2D eigenvalue weighted by molar-refractivity contribution is 6.00. The molecule has 9 heteroatoms. The maximum absolute atomic E-state index is 13.2. The molecule has 1 fully saturated rings. The van der Waals surface area contributed by atoms with E-state index in [2.05, 4.69) is 17.1 Å². The minimum Gasteiger partial charge on any atom is -0.478 e. The summed E-state index contributed by atoms with van der Waals surface area (Å²) in [5, 5.41) is 9.44. The molecule has 1 amide bonds. The number of likely N-dealkylation sites (tertiary alicyclic amines) is 1. The molecule has 1 aliphatic rings. The molecular formula is C35H28N6O3. The van der Waals surface area contributed by atoms with Crippen molar-refractivity contribution < 1.29 is 14.7 Å². The minimum atomic E-state index is -1.04. The van der Waals surface area contributed by atoms with Crippen LogP contribution < -0.4 is 5.73 Å². The number of aromatic carboxylic acids is 1. The Morgan fingerprint density at radius 1 is 0.841 bits per heavy atom. The Hall–Kier alpha value is -5.83. The largest absolute Gasteiger partial charge is 0.478 e. The minimum absolute atomic E-state index is 0.147. The second-order valence-corrected chi connectivity index (χ2v) is 10.9. The predicted molar refractivity (Wildman–Crippen MR) is 169 cm³/mol. The van der Waals surface area contributed by atoms with Crippen molar-refractivity contribution in [2.75, 3.05) is 18.8 Å². The molecule has 4 heterocycles.